The third-order valence-electron chi connectivity index (χ3n) is 2.92. The van der Waals surface area contributed by atoms with Gasteiger partial charge in [0, 0.05) is 5.38 Å². The summed E-state index contributed by atoms with van der Waals surface area (Å²) in [5, 5.41) is 0.0933. The number of aryl methyl sites for hydroxylation is 1. The van der Waals surface area contributed by atoms with Gasteiger partial charge in [0.1, 0.15) is 0 Å². The predicted octanol–water partition coefficient (Wildman–Crippen LogP) is 5.29. The summed E-state index contributed by atoms with van der Waals surface area (Å²) in [6.07, 6.45) is -1.98. The highest BCUT2D eigenvalue weighted by Crippen LogP contribution is 2.30. The molecule has 0 aliphatic rings. The lowest BCUT2D eigenvalue weighted by atomic mass is 10.0. The van der Waals surface area contributed by atoms with Gasteiger partial charge in [-0.2, -0.15) is 13.2 Å². The standard InChI is InChI=1S/C14H18ClF3/c1-10(2)13(15)8-4-6-11-5-3-7-12(9-11)14(16,17)18/h3,5,7,9-10,13H,4,6,8H2,1-2H3. The summed E-state index contributed by atoms with van der Waals surface area (Å²) in [6.45, 7) is 4.09. The molecule has 0 heterocycles. The van der Waals surface area contributed by atoms with Crippen LogP contribution in [-0.4, -0.2) is 5.38 Å². The average Bonchev–Trinajstić information content (AvgIpc) is 2.28. The molecule has 0 radical (unpaired) electrons. The van der Waals surface area contributed by atoms with Crippen molar-refractivity contribution in [1.29, 1.82) is 0 Å². The van der Waals surface area contributed by atoms with Gasteiger partial charge in [0.15, 0.2) is 0 Å². The Hall–Kier alpha value is -0.700. The molecule has 102 valence electrons. The van der Waals surface area contributed by atoms with E-state index in [1.54, 1.807) is 6.07 Å². The first-order valence-electron chi connectivity index (χ1n) is 6.11. The lowest BCUT2D eigenvalue weighted by molar-refractivity contribution is -0.137. The molecular formula is C14H18ClF3. The first kappa shape index (κ1) is 15.4. The highest BCUT2D eigenvalue weighted by Gasteiger charge is 2.30. The molecule has 1 unspecified atom stereocenters. The van der Waals surface area contributed by atoms with Crippen molar-refractivity contribution in [3.8, 4) is 0 Å². The van der Waals surface area contributed by atoms with Crippen LogP contribution in [0.1, 0.15) is 37.8 Å². The third-order valence-corrected chi connectivity index (χ3v) is 3.65. The molecule has 1 rings (SSSR count). The van der Waals surface area contributed by atoms with Crippen LogP contribution < -0.4 is 0 Å². The predicted molar refractivity (Wildman–Crippen MR) is 68.9 cm³/mol. The largest absolute Gasteiger partial charge is 0.416 e. The Morgan fingerprint density at radius 3 is 2.44 bits per heavy atom. The summed E-state index contributed by atoms with van der Waals surface area (Å²) >= 11 is 6.11. The van der Waals surface area contributed by atoms with E-state index in [1.165, 1.54) is 12.1 Å². The second-order valence-corrected chi connectivity index (χ2v) is 5.41. The van der Waals surface area contributed by atoms with E-state index in [4.69, 9.17) is 11.6 Å². The van der Waals surface area contributed by atoms with E-state index < -0.39 is 11.7 Å². The summed E-state index contributed by atoms with van der Waals surface area (Å²) in [6, 6.07) is 5.51. The topological polar surface area (TPSA) is 0 Å². The molecule has 1 aromatic rings. The first-order chi connectivity index (χ1) is 8.30. The zero-order chi connectivity index (χ0) is 13.8. The van der Waals surface area contributed by atoms with E-state index >= 15 is 0 Å². The van der Waals surface area contributed by atoms with Crippen molar-refractivity contribution in [2.45, 2.75) is 44.7 Å². The summed E-state index contributed by atoms with van der Waals surface area (Å²) < 4.78 is 37.5. The molecule has 0 saturated heterocycles. The molecule has 0 amide bonds. The van der Waals surface area contributed by atoms with Crippen LogP contribution >= 0.6 is 11.6 Å². The van der Waals surface area contributed by atoms with E-state index in [-0.39, 0.29) is 5.38 Å². The van der Waals surface area contributed by atoms with Gasteiger partial charge in [0.2, 0.25) is 0 Å². The zero-order valence-corrected chi connectivity index (χ0v) is 11.4. The maximum absolute atomic E-state index is 12.5. The van der Waals surface area contributed by atoms with Crippen LogP contribution in [0.25, 0.3) is 0 Å². The molecule has 0 aromatic heterocycles. The van der Waals surface area contributed by atoms with E-state index in [0.717, 1.165) is 24.5 Å². The van der Waals surface area contributed by atoms with Crippen molar-refractivity contribution in [1.82, 2.24) is 0 Å². The summed E-state index contributed by atoms with van der Waals surface area (Å²) in [5.41, 5.74) is 0.142. The fraction of sp³-hybridized carbons (Fsp3) is 0.571. The highest BCUT2D eigenvalue weighted by molar-refractivity contribution is 6.20. The maximum atomic E-state index is 12.5. The smallest absolute Gasteiger partial charge is 0.166 e. The Morgan fingerprint density at radius 1 is 1.22 bits per heavy atom. The zero-order valence-electron chi connectivity index (χ0n) is 10.6. The lowest BCUT2D eigenvalue weighted by Gasteiger charge is -2.13. The normalized spacial score (nSPS) is 13.9. The molecule has 18 heavy (non-hydrogen) atoms. The minimum Gasteiger partial charge on any atom is -0.166 e. The number of benzene rings is 1. The van der Waals surface area contributed by atoms with E-state index in [1.807, 2.05) is 13.8 Å². The van der Waals surface area contributed by atoms with Crippen molar-refractivity contribution < 1.29 is 13.2 Å². The summed E-state index contributed by atoms with van der Waals surface area (Å²) in [7, 11) is 0. The van der Waals surface area contributed by atoms with Gasteiger partial charge in [0.05, 0.1) is 5.56 Å². The van der Waals surface area contributed by atoms with Crippen LogP contribution in [0, 0.1) is 5.92 Å². The van der Waals surface area contributed by atoms with Crippen LogP contribution in [0.3, 0.4) is 0 Å². The van der Waals surface area contributed by atoms with Gasteiger partial charge in [-0.15, -0.1) is 11.6 Å². The molecule has 0 aliphatic heterocycles. The van der Waals surface area contributed by atoms with Crippen molar-refractivity contribution in [3.05, 3.63) is 35.4 Å². The number of hydrogen-bond donors (Lipinski definition) is 0. The van der Waals surface area contributed by atoms with Crippen LogP contribution in [0.15, 0.2) is 24.3 Å². The van der Waals surface area contributed by atoms with Crippen molar-refractivity contribution >= 4 is 11.6 Å². The molecule has 1 aromatic carbocycles. The molecule has 0 bridgehead atoms. The molecule has 1 atom stereocenters. The van der Waals surface area contributed by atoms with Gasteiger partial charge in [-0.3, -0.25) is 0 Å². The van der Waals surface area contributed by atoms with Gasteiger partial charge in [-0.25, -0.2) is 0 Å². The van der Waals surface area contributed by atoms with Gasteiger partial charge in [-0.1, -0.05) is 32.0 Å². The van der Waals surface area contributed by atoms with Crippen LogP contribution in [-0.2, 0) is 12.6 Å². The lowest BCUT2D eigenvalue weighted by Crippen LogP contribution is -2.08. The minimum absolute atomic E-state index is 0.0933. The van der Waals surface area contributed by atoms with Crippen LogP contribution in [0.2, 0.25) is 0 Å². The number of alkyl halides is 4. The first-order valence-corrected chi connectivity index (χ1v) is 6.54. The number of hydrogen-bond acceptors (Lipinski definition) is 0. The van der Waals surface area contributed by atoms with E-state index in [2.05, 4.69) is 0 Å². The van der Waals surface area contributed by atoms with Gasteiger partial charge < -0.3 is 0 Å². The third kappa shape index (κ3) is 4.89. The van der Waals surface area contributed by atoms with Crippen LogP contribution in [0.4, 0.5) is 13.2 Å². The molecular weight excluding hydrogens is 261 g/mol. The maximum Gasteiger partial charge on any atom is 0.416 e. The second-order valence-electron chi connectivity index (χ2n) is 4.85. The van der Waals surface area contributed by atoms with Crippen molar-refractivity contribution in [2.24, 2.45) is 5.92 Å². The summed E-state index contributed by atoms with van der Waals surface area (Å²) in [4.78, 5) is 0. The SMILES string of the molecule is CC(C)C(Cl)CCCc1cccc(C(F)(F)F)c1. The average molecular weight is 279 g/mol. The Bertz CT molecular complexity index is 372. The van der Waals surface area contributed by atoms with Gasteiger partial charge in [-0.05, 0) is 36.8 Å². The molecule has 0 fully saturated rings. The molecule has 0 N–H and O–H groups in total. The quantitative estimate of drug-likeness (QED) is 0.642. The number of rotatable bonds is 5. The highest BCUT2D eigenvalue weighted by atomic mass is 35.5. The van der Waals surface area contributed by atoms with Crippen LogP contribution in [0.5, 0.6) is 0 Å². The molecule has 0 aliphatic carbocycles. The molecule has 0 saturated carbocycles. The second kappa shape index (κ2) is 6.46. The minimum atomic E-state index is -4.26. The van der Waals surface area contributed by atoms with Gasteiger partial charge in [0.25, 0.3) is 0 Å². The monoisotopic (exact) mass is 278 g/mol. The molecule has 0 nitrogen and oxygen atoms in total. The Morgan fingerprint density at radius 2 is 1.89 bits per heavy atom. The van der Waals surface area contributed by atoms with Crippen molar-refractivity contribution in [2.75, 3.05) is 0 Å². The van der Waals surface area contributed by atoms with E-state index in [9.17, 15) is 13.2 Å². The fourth-order valence-corrected chi connectivity index (χ4v) is 1.89. The van der Waals surface area contributed by atoms with Gasteiger partial charge >= 0.3 is 6.18 Å². The summed E-state index contributed by atoms with van der Waals surface area (Å²) in [5.74, 6) is 0.396. The van der Waals surface area contributed by atoms with E-state index in [0.29, 0.717) is 12.3 Å². The number of halogens is 4. The Labute approximate surface area is 111 Å². The van der Waals surface area contributed by atoms with Crippen molar-refractivity contribution in [3.63, 3.8) is 0 Å². The molecule has 0 spiro atoms. The Kier molecular flexibility index (Phi) is 5.51. The Balaban J connectivity index is 2.53. The molecule has 4 heteroatoms. The fourth-order valence-electron chi connectivity index (χ4n) is 1.74.